The zero-order valence-electron chi connectivity index (χ0n) is 11.4. The highest BCUT2D eigenvalue weighted by Crippen LogP contribution is 2.26. The van der Waals surface area contributed by atoms with Crippen molar-refractivity contribution in [3.63, 3.8) is 0 Å². The van der Waals surface area contributed by atoms with E-state index in [1.807, 2.05) is 66.6 Å². The quantitative estimate of drug-likeness (QED) is 0.681. The standard InChI is InChI=1S/C16H15N3O/c1-19-11-18-16-12(6-5-8-14(16)19)10-17-13-7-3-4-9-15(13)20-2/h3-11H,1-2H3/b17-10-. The minimum absolute atomic E-state index is 0.761. The van der Waals surface area contributed by atoms with Crippen molar-refractivity contribution in [3.8, 4) is 5.75 Å². The monoisotopic (exact) mass is 265 g/mol. The van der Waals surface area contributed by atoms with Crippen LogP contribution in [-0.2, 0) is 7.05 Å². The first-order valence-corrected chi connectivity index (χ1v) is 6.37. The predicted molar refractivity (Wildman–Crippen MR) is 81.0 cm³/mol. The van der Waals surface area contributed by atoms with Gasteiger partial charge in [0, 0.05) is 18.8 Å². The number of para-hydroxylation sites is 3. The maximum atomic E-state index is 5.29. The van der Waals surface area contributed by atoms with Gasteiger partial charge in [-0.2, -0.15) is 0 Å². The Bertz CT molecular complexity index is 774. The van der Waals surface area contributed by atoms with Crippen LogP contribution in [0.4, 0.5) is 5.69 Å². The zero-order chi connectivity index (χ0) is 13.9. The Morgan fingerprint density at radius 2 is 2.00 bits per heavy atom. The van der Waals surface area contributed by atoms with E-state index in [4.69, 9.17) is 4.74 Å². The van der Waals surface area contributed by atoms with Crippen LogP contribution in [0.2, 0.25) is 0 Å². The fraction of sp³-hybridized carbons (Fsp3) is 0.125. The Balaban J connectivity index is 2.03. The molecule has 0 bridgehead atoms. The minimum Gasteiger partial charge on any atom is -0.494 e. The van der Waals surface area contributed by atoms with Crippen LogP contribution < -0.4 is 4.74 Å². The van der Waals surface area contributed by atoms with Gasteiger partial charge in [-0.1, -0.05) is 24.3 Å². The first kappa shape index (κ1) is 12.4. The maximum absolute atomic E-state index is 5.29. The summed E-state index contributed by atoms with van der Waals surface area (Å²) in [4.78, 5) is 8.92. The predicted octanol–water partition coefficient (Wildman–Crippen LogP) is 3.33. The van der Waals surface area contributed by atoms with Gasteiger partial charge in [0.2, 0.25) is 0 Å². The topological polar surface area (TPSA) is 39.4 Å². The summed E-state index contributed by atoms with van der Waals surface area (Å²) in [5.74, 6) is 0.761. The van der Waals surface area contributed by atoms with Gasteiger partial charge in [-0.05, 0) is 18.2 Å². The lowest BCUT2D eigenvalue weighted by molar-refractivity contribution is 0.416. The van der Waals surface area contributed by atoms with Gasteiger partial charge in [0.25, 0.3) is 0 Å². The average molecular weight is 265 g/mol. The molecule has 2 aromatic carbocycles. The molecule has 0 N–H and O–H groups in total. The van der Waals surface area contributed by atoms with Gasteiger partial charge in [0.05, 0.1) is 24.5 Å². The average Bonchev–Trinajstić information content (AvgIpc) is 2.88. The molecule has 0 amide bonds. The van der Waals surface area contributed by atoms with Gasteiger partial charge in [-0.3, -0.25) is 4.99 Å². The van der Waals surface area contributed by atoms with Crippen molar-refractivity contribution in [2.45, 2.75) is 0 Å². The number of imidazole rings is 1. The van der Waals surface area contributed by atoms with E-state index in [-0.39, 0.29) is 0 Å². The van der Waals surface area contributed by atoms with E-state index in [0.717, 1.165) is 28.0 Å². The Kier molecular flexibility index (Phi) is 3.21. The van der Waals surface area contributed by atoms with Gasteiger partial charge in [0.1, 0.15) is 11.4 Å². The number of hydrogen-bond acceptors (Lipinski definition) is 3. The third-order valence-electron chi connectivity index (χ3n) is 3.21. The molecule has 1 aromatic heterocycles. The van der Waals surface area contributed by atoms with Crippen molar-refractivity contribution in [1.82, 2.24) is 9.55 Å². The van der Waals surface area contributed by atoms with Crippen molar-refractivity contribution < 1.29 is 4.74 Å². The summed E-state index contributed by atoms with van der Waals surface area (Å²) in [5, 5.41) is 0. The Labute approximate surface area is 117 Å². The number of fused-ring (bicyclic) bond motifs is 1. The molecule has 0 saturated heterocycles. The van der Waals surface area contributed by atoms with Gasteiger partial charge < -0.3 is 9.30 Å². The molecule has 3 rings (SSSR count). The fourth-order valence-corrected chi connectivity index (χ4v) is 2.16. The van der Waals surface area contributed by atoms with Gasteiger partial charge in [-0.25, -0.2) is 4.98 Å². The van der Waals surface area contributed by atoms with Crippen LogP contribution in [0.3, 0.4) is 0 Å². The van der Waals surface area contributed by atoms with Crippen LogP contribution in [0, 0.1) is 0 Å². The maximum Gasteiger partial charge on any atom is 0.144 e. The molecule has 4 nitrogen and oxygen atoms in total. The molecule has 0 spiro atoms. The second-order valence-corrected chi connectivity index (χ2v) is 4.50. The van der Waals surface area contributed by atoms with Crippen molar-refractivity contribution in [2.75, 3.05) is 7.11 Å². The van der Waals surface area contributed by atoms with Gasteiger partial charge in [-0.15, -0.1) is 0 Å². The summed E-state index contributed by atoms with van der Waals surface area (Å²) in [6, 6.07) is 13.8. The first-order valence-electron chi connectivity index (χ1n) is 6.37. The minimum atomic E-state index is 0.761. The molecule has 0 fully saturated rings. The normalized spacial score (nSPS) is 11.3. The summed E-state index contributed by atoms with van der Waals surface area (Å²) in [5.41, 5.74) is 3.85. The van der Waals surface area contributed by atoms with E-state index >= 15 is 0 Å². The number of rotatable bonds is 3. The van der Waals surface area contributed by atoms with Crippen molar-refractivity contribution in [3.05, 3.63) is 54.4 Å². The lowest BCUT2D eigenvalue weighted by Crippen LogP contribution is -1.87. The number of benzene rings is 2. The Morgan fingerprint density at radius 3 is 2.85 bits per heavy atom. The second-order valence-electron chi connectivity index (χ2n) is 4.50. The molecule has 0 radical (unpaired) electrons. The first-order chi connectivity index (χ1) is 9.79. The number of methoxy groups -OCH3 is 1. The Morgan fingerprint density at radius 1 is 1.15 bits per heavy atom. The number of aliphatic imine (C=N–C) groups is 1. The third kappa shape index (κ3) is 2.16. The van der Waals surface area contributed by atoms with Crippen LogP contribution in [0.1, 0.15) is 5.56 Å². The molecule has 1 heterocycles. The number of ether oxygens (including phenoxy) is 1. The van der Waals surface area contributed by atoms with Crippen molar-refractivity contribution >= 4 is 22.9 Å². The molecule has 0 unspecified atom stereocenters. The van der Waals surface area contributed by atoms with Crippen molar-refractivity contribution in [2.24, 2.45) is 12.0 Å². The van der Waals surface area contributed by atoms with Crippen LogP contribution in [0.25, 0.3) is 11.0 Å². The zero-order valence-corrected chi connectivity index (χ0v) is 11.4. The lowest BCUT2D eigenvalue weighted by Gasteiger charge is -2.03. The molecule has 4 heteroatoms. The molecular weight excluding hydrogens is 250 g/mol. The summed E-state index contributed by atoms with van der Waals surface area (Å²) >= 11 is 0. The smallest absolute Gasteiger partial charge is 0.144 e. The summed E-state index contributed by atoms with van der Waals surface area (Å²) in [6.45, 7) is 0. The van der Waals surface area contributed by atoms with E-state index in [0.29, 0.717) is 0 Å². The van der Waals surface area contributed by atoms with E-state index in [1.54, 1.807) is 7.11 Å². The molecule has 0 aliphatic carbocycles. The molecule has 0 aliphatic rings. The van der Waals surface area contributed by atoms with E-state index in [1.165, 1.54) is 0 Å². The molecular formula is C16H15N3O. The van der Waals surface area contributed by atoms with E-state index < -0.39 is 0 Å². The molecule has 0 saturated carbocycles. The molecule has 3 aromatic rings. The number of nitrogens with zero attached hydrogens (tertiary/aromatic N) is 3. The van der Waals surface area contributed by atoms with Gasteiger partial charge in [0.15, 0.2) is 0 Å². The van der Waals surface area contributed by atoms with Gasteiger partial charge >= 0.3 is 0 Å². The molecule has 20 heavy (non-hydrogen) atoms. The number of aryl methyl sites for hydroxylation is 1. The van der Waals surface area contributed by atoms with Crippen LogP contribution in [0.5, 0.6) is 5.75 Å². The Hall–Kier alpha value is -2.62. The second kappa shape index (κ2) is 5.17. The molecule has 100 valence electrons. The SMILES string of the molecule is COc1ccccc1/N=C\c1cccc2c1ncn2C. The largest absolute Gasteiger partial charge is 0.494 e. The fourth-order valence-electron chi connectivity index (χ4n) is 2.16. The highest BCUT2D eigenvalue weighted by atomic mass is 16.5. The van der Waals surface area contributed by atoms with E-state index in [2.05, 4.69) is 9.98 Å². The summed E-state index contributed by atoms with van der Waals surface area (Å²) in [7, 11) is 3.63. The molecule has 0 aliphatic heterocycles. The summed E-state index contributed by atoms with van der Waals surface area (Å²) in [6.07, 6.45) is 3.64. The van der Waals surface area contributed by atoms with Crippen molar-refractivity contribution in [1.29, 1.82) is 0 Å². The van der Waals surface area contributed by atoms with E-state index in [9.17, 15) is 0 Å². The lowest BCUT2D eigenvalue weighted by atomic mass is 10.2. The molecule has 0 atom stereocenters. The number of hydrogen-bond donors (Lipinski definition) is 0. The summed E-state index contributed by atoms with van der Waals surface area (Å²) < 4.78 is 7.29. The number of aromatic nitrogens is 2. The highest BCUT2D eigenvalue weighted by molar-refractivity contribution is 5.97. The van der Waals surface area contributed by atoms with Crippen LogP contribution in [0.15, 0.2) is 53.8 Å². The third-order valence-corrected chi connectivity index (χ3v) is 3.21. The highest BCUT2D eigenvalue weighted by Gasteiger charge is 2.04. The van der Waals surface area contributed by atoms with Crippen LogP contribution in [-0.4, -0.2) is 22.9 Å². The van der Waals surface area contributed by atoms with Crippen LogP contribution >= 0.6 is 0 Å².